The van der Waals surface area contributed by atoms with E-state index < -0.39 is 0 Å². The quantitative estimate of drug-likeness (QED) is 0.723. The highest BCUT2D eigenvalue weighted by atomic mass is 16.5. The summed E-state index contributed by atoms with van der Waals surface area (Å²) in [4.78, 5) is 0. The van der Waals surface area contributed by atoms with Crippen molar-refractivity contribution in [3.63, 3.8) is 0 Å². The molecule has 124 valence electrons. The van der Waals surface area contributed by atoms with E-state index in [0.29, 0.717) is 36.0 Å². The van der Waals surface area contributed by atoms with Crippen molar-refractivity contribution in [1.82, 2.24) is 5.32 Å². The molecule has 0 radical (unpaired) electrons. The molecule has 2 saturated carbocycles. The Hall–Kier alpha value is -0.120. The Balaban J connectivity index is 1.68. The van der Waals surface area contributed by atoms with Gasteiger partial charge in [-0.15, -0.1) is 0 Å². The molecule has 0 aromatic heterocycles. The monoisotopic (exact) mass is 297 g/mol. The summed E-state index contributed by atoms with van der Waals surface area (Å²) in [7, 11) is 0. The lowest BCUT2D eigenvalue weighted by atomic mass is 9.70. The third kappa shape index (κ3) is 3.46. The van der Waals surface area contributed by atoms with Gasteiger partial charge in [-0.05, 0) is 54.9 Å². The number of fused-ring (bicyclic) bond motifs is 2. The molecule has 0 saturated heterocycles. The summed E-state index contributed by atoms with van der Waals surface area (Å²) < 4.78 is 6.19. The molecule has 2 bridgehead atoms. The smallest absolute Gasteiger partial charge is 0.0686 e. The fourth-order valence-electron chi connectivity index (χ4n) is 4.37. The zero-order valence-corrected chi connectivity index (χ0v) is 14.6. The van der Waals surface area contributed by atoms with Crippen molar-refractivity contribution in [2.45, 2.75) is 72.5 Å². The van der Waals surface area contributed by atoms with E-state index in [2.05, 4.69) is 39.9 Å². The van der Waals surface area contributed by atoms with Gasteiger partial charge >= 0.3 is 0 Å². The Morgan fingerprint density at radius 2 is 1.95 bits per heavy atom. The highest BCUT2D eigenvalue weighted by Crippen LogP contribution is 2.66. The maximum atomic E-state index is 9.99. The van der Waals surface area contributed by atoms with Crippen molar-refractivity contribution < 1.29 is 9.84 Å². The number of hydrogen-bond acceptors (Lipinski definition) is 3. The Morgan fingerprint density at radius 3 is 2.48 bits per heavy atom. The van der Waals surface area contributed by atoms with Crippen LogP contribution in [0.25, 0.3) is 0 Å². The Morgan fingerprint density at radius 1 is 1.24 bits per heavy atom. The van der Waals surface area contributed by atoms with Crippen molar-refractivity contribution in [2.75, 3.05) is 19.7 Å². The molecule has 3 nitrogen and oxygen atoms in total. The van der Waals surface area contributed by atoms with E-state index in [-0.39, 0.29) is 6.10 Å². The fourth-order valence-corrected chi connectivity index (χ4v) is 4.37. The molecule has 0 amide bonds. The topological polar surface area (TPSA) is 41.5 Å². The van der Waals surface area contributed by atoms with E-state index in [4.69, 9.17) is 4.74 Å². The van der Waals surface area contributed by atoms with Gasteiger partial charge in [0, 0.05) is 13.2 Å². The first-order chi connectivity index (χ1) is 9.77. The Labute approximate surface area is 130 Å². The van der Waals surface area contributed by atoms with Crippen LogP contribution < -0.4 is 5.32 Å². The second kappa shape index (κ2) is 6.55. The number of aliphatic hydroxyl groups is 1. The lowest BCUT2D eigenvalue weighted by Gasteiger charge is -2.39. The average molecular weight is 297 g/mol. The van der Waals surface area contributed by atoms with Crippen LogP contribution in [0.2, 0.25) is 0 Å². The summed E-state index contributed by atoms with van der Waals surface area (Å²) in [6.45, 7) is 13.9. The molecular formula is C18H35NO2. The average Bonchev–Trinajstić information content (AvgIpc) is 2.71. The second-order valence-electron chi connectivity index (χ2n) is 8.46. The molecule has 0 aliphatic heterocycles. The second-order valence-corrected chi connectivity index (χ2v) is 8.46. The molecule has 0 aromatic carbocycles. The van der Waals surface area contributed by atoms with E-state index in [1.165, 1.54) is 19.3 Å². The van der Waals surface area contributed by atoms with Gasteiger partial charge in [-0.3, -0.25) is 0 Å². The minimum absolute atomic E-state index is 0.289. The third-order valence-corrected chi connectivity index (χ3v) is 6.42. The van der Waals surface area contributed by atoms with Gasteiger partial charge < -0.3 is 15.2 Å². The van der Waals surface area contributed by atoms with E-state index in [9.17, 15) is 5.11 Å². The van der Waals surface area contributed by atoms with Crippen LogP contribution in [0.15, 0.2) is 0 Å². The van der Waals surface area contributed by atoms with E-state index in [1.54, 1.807) is 0 Å². The predicted octanol–water partition coefficient (Wildman–Crippen LogP) is 3.21. The molecule has 2 aliphatic carbocycles. The molecule has 2 rings (SSSR count). The summed E-state index contributed by atoms with van der Waals surface area (Å²) in [5.41, 5.74) is 0.744. The summed E-state index contributed by atoms with van der Waals surface area (Å²) in [6, 6.07) is 0. The standard InChI is InChI=1S/C18H35NO2/c1-13(2)11-19-12-15(20)7-9-21-16-10-14-6-8-18(16,5)17(14,3)4/h13-16,19-20H,6-12H2,1-5H3/t14-,15+,16-,18-/m0/s1. The third-order valence-electron chi connectivity index (χ3n) is 6.42. The van der Waals surface area contributed by atoms with Gasteiger partial charge in [0.15, 0.2) is 0 Å². The van der Waals surface area contributed by atoms with Gasteiger partial charge in [-0.1, -0.05) is 34.6 Å². The van der Waals surface area contributed by atoms with Gasteiger partial charge in [0.25, 0.3) is 0 Å². The van der Waals surface area contributed by atoms with Crippen molar-refractivity contribution in [3.8, 4) is 0 Å². The Bertz CT molecular complexity index is 342. The molecule has 0 aromatic rings. The number of aliphatic hydroxyl groups excluding tert-OH is 1. The molecular weight excluding hydrogens is 262 g/mol. The SMILES string of the molecule is CC(C)CNC[C@H](O)CCO[C@H]1C[C@@H]2CC[C@]1(C)C2(C)C. The fraction of sp³-hybridized carbons (Fsp3) is 1.00. The molecule has 4 atom stereocenters. The molecule has 2 N–H and O–H groups in total. The summed E-state index contributed by atoms with van der Waals surface area (Å²) >= 11 is 0. The van der Waals surface area contributed by atoms with Gasteiger partial charge in [0.05, 0.1) is 12.2 Å². The van der Waals surface area contributed by atoms with Crippen LogP contribution in [0, 0.1) is 22.7 Å². The lowest BCUT2D eigenvalue weighted by Crippen LogP contribution is -2.38. The van der Waals surface area contributed by atoms with Crippen LogP contribution in [0.4, 0.5) is 0 Å². The molecule has 0 heterocycles. The van der Waals surface area contributed by atoms with Crippen LogP contribution in [0.1, 0.15) is 60.3 Å². The zero-order chi connectivity index (χ0) is 15.7. The van der Waals surface area contributed by atoms with Gasteiger partial charge in [-0.2, -0.15) is 0 Å². The van der Waals surface area contributed by atoms with E-state index >= 15 is 0 Å². The first-order valence-electron chi connectivity index (χ1n) is 8.77. The maximum absolute atomic E-state index is 9.99. The van der Waals surface area contributed by atoms with Crippen LogP contribution in [-0.4, -0.2) is 37.0 Å². The number of ether oxygens (including phenoxy) is 1. The minimum Gasteiger partial charge on any atom is -0.392 e. The maximum Gasteiger partial charge on any atom is 0.0686 e. The summed E-state index contributed by atoms with van der Waals surface area (Å²) in [6.07, 6.45) is 4.72. The van der Waals surface area contributed by atoms with Crippen LogP contribution in [0.3, 0.4) is 0 Å². The van der Waals surface area contributed by atoms with Gasteiger partial charge in [-0.25, -0.2) is 0 Å². The zero-order valence-electron chi connectivity index (χ0n) is 14.6. The highest BCUT2D eigenvalue weighted by Gasteiger charge is 2.61. The van der Waals surface area contributed by atoms with E-state index in [1.807, 2.05) is 0 Å². The first kappa shape index (κ1) is 17.2. The Kier molecular flexibility index (Phi) is 5.38. The molecule has 2 aliphatic rings. The minimum atomic E-state index is -0.289. The molecule has 21 heavy (non-hydrogen) atoms. The largest absolute Gasteiger partial charge is 0.392 e. The van der Waals surface area contributed by atoms with Crippen molar-refractivity contribution in [1.29, 1.82) is 0 Å². The van der Waals surface area contributed by atoms with Gasteiger partial charge in [0.1, 0.15) is 0 Å². The molecule has 3 heteroatoms. The van der Waals surface area contributed by atoms with Crippen LogP contribution >= 0.6 is 0 Å². The normalized spacial score (nSPS) is 35.6. The molecule has 2 fully saturated rings. The number of hydrogen-bond donors (Lipinski definition) is 2. The van der Waals surface area contributed by atoms with Crippen LogP contribution in [0.5, 0.6) is 0 Å². The van der Waals surface area contributed by atoms with E-state index in [0.717, 1.165) is 18.9 Å². The summed E-state index contributed by atoms with van der Waals surface area (Å²) in [5.74, 6) is 1.45. The predicted molar refractivity (Wildman–Crippen MR) is 87.3 cm³/mol. The van der Waals surface area contributed by atoms with Gasteiger partial charge in [0.2, 0.25) is 0 Å². The van der Waals surface area contributed by atoms with Crippen molar-refractivity contribution >= 4 is 0 Å². The summed E-state index contributed by atoms with van der Waals surface area (Å²) in [5, 5.41) is 13.3. The van der Waals surface area contributed by atoms with Crippen LogP contribution in [-0.2, 0) is 4.74 Å². The van der Waals surface area contributed by atoms with Crippen molar-refractivity contribution in [2.24, 2.45) is 22.7 Å². The number of rotatable bonds is 8. The first-order valence-corrected chi connectivity index (χ1v) is 8.77. The lowest BCUT2D eigenvalue weighted by molar-refractivity contribution is -0.0546. The molecule has 0 spiro atoms. The van der Waals surface area contributed by atoms with Crippen molar-refractivity contribution in [3.05, 3.63) is 0 Å². The number of nitrogens with one attached hydrogen (secondary N) is 1. The highest BCUT2D eigenvalue weighted by molar-refractivity contribution is 5.11. The molecule has 0 unspecified atom stereocenters.